The number of rotatable bonds is 8. The highest BCUT2D eigenvalue weighted by atomic mass is 16.6. The van der Waals surface area contributed by atoms with Crippen molar-refractivity contribution < 1.29 is 9.53 Å². The predicted molar refractivity (Wildman–Crippen MR) is 80.4 cm³/mol. The second-order valence-corrected chi connectivity index (χ2v) is 6.22. The zero-order chi connectivity index (χ0) is 14.9. The molecule has 0 aromatic carbocycles. The molecule has 1 amide bonds. The van der Waals surface area contributed by atoms with Crippen LogP contribution in [0.25, 0.3) is 0 Å². The lowest BCUT2D eigenvalue weighted by Gasteiger charge is -2.22. The van der Waals surface area contributed by atoms with Crippen LogP contribution < -0.4 is 10.6 Å². The largest absolute Gasteiger partial charge is 0.444 e. The first-order valence-corrected chi connectivity index (χ1v) is 7.48. The third-order valence-corrected chi connectivity index (χ3v) is 3.10. The predicted octanol–water partition coefficient (Wildman–Crippen LogP) is 3.32. The van der Waals surface area contributed by atoms with E-state index in [0.29, 0.717) is 0 Å². The fourth-order valence-electron chi connectivity index (χ4n) is 1.78. The van der Waals surface area contributed by atoms with E-state index >= 15 is 0 Å². The topological polar surface area (TPSA) is 50.4 Å². The maximum absolute atomic E-state index is 11.5. The summed E-state index contributed by atoms with van der Waals surface area (Å²) in [5, 5.41) is 6.30. The molecule has 0 aromatic rings. The third-order valence-electron chi connectivity index (χ3n) is 3.10. The summed E-state index contributed by atoms with van der Waals surface area (Å²) in [6.45, 7) is 14.0. The van der Waals surface area contributed by atoms with Gasteiger partial charge in [0.1, 0.15) is 5.60 Å². The lowest BCUT2D eigenvalue weighted by Crippen LogP contribution is -2.39. The molecule has 0 aromatic heterocycles. The van der Waals surface area contributed by atoms with Gasteiger partial charge in [-0.05, 0) is 53.1 Å². The Morgan fingerprint density at radius 3 is 2.26 bits per heavy atom. The highest BCUT2D eigenvalue weighted by molar-refractivity contribution is 5.67. The van der Waals surface area contributed by atoms with Gasteiger partial charge in [0.25, 0.3) is 0 Å². The molecule has 4 heteroatoms. The molecule has 2 N–H and O–H groups in total. The van der Waals surface area contributed by atoms with Crippen LogP contribution in [0.2, 0.25) is 0 Å². The van der Waals surface area contributed by atoms with E-state index in [-0.39, 0.29) is 12.1 Å². The number of nitrogens with one attached hydrogen (secondary N) is 2. The van der Waals surface area contributed by atoms with E-state index in [0.717, 1.165) is 25.4 Å². The summed E-state index contributed by atoms with van der Waals surface area (Å²) in [6.07, 6.45) is 3.02. The van der Waals surface area contributed by atoms with Crippen LogP contribution in [0.5, 0.6) is 0 Å². The summed E-state index contributed by atoms with van der Waals surface area (Å²) in [5.74, 6) is 0.758. The highest BCUT2D eigenvalue weighted by Gasteiger charge is 2.17. The first-order chi connectivity index (χ1) is 8.78. The minimum atomic E-state index is -0.433. The SMILES string of the molecule is CCC(CC)CNCCC(C)NC(=O)OC(C)(C)C. The molecule has 1 atom stereocenters. The number of carbonyl (C=O) groups is 1. The molecule has 0 saturated carbocycles. The normalized spacial score (nSPS) is 13.4. The van der Waals surface area contributed by atoms with E-state index in [1.807, 2.05) is 27.7 Å². The van der Waals surface area contributed by atoms with Gasteiger partial charge in [-0.2, -0.15) is 0 Å². The molecule has 0 saturated heterocycles. The minimum absolute atomic E-state index is 0.129. The summed E-state index contributed by atoms with van der Waals surface area (Å²) in [4.78, 5) is 11.5. The number of alkyl carbamates (subject to hydrolysis) is 1. The van der Waals surface area contributed by atoms with Crippen LogP contribution in [0.15, 0.2) is 0 Å². The van der Waals surface area contributed by atoms with Crippen molar-refractivity contribution in [2.45, 2.75) is 72.4 Å². The van der Waals surface area contributed by atoms with Gasteiger partial charge in [0.2, 0.25) is 0 Å². The summed E-state index contributed by atoms with van der Waals surface area (Å²) in [7, 11) is 0. The number of ether oxygens (including phenoxy) is 1. The molecule has 0 heterocycles. The molecule has 19 heavy (non-hydrogen) atoms. The smallest absolute Gasteiger partial charge is 0.407 e. The van der Waals surface area contributed by atoms with E-state index in [9.17, 15) is 4.79 Å². The lowest BCUT2D eigenvalue weighted by atomic mass is 10.0. The Balaban J connectivity index is 3.70. The van der Waals surface area contributed by atoms with E-state index < -0.39 is 5.60 Å². The molecule has 0 aliphatic rings. The van der Waals surface area contributed by atoms with Gasteiger partial charge in [-0.1, -0.05) is 26.7 Å². The first kappa shape index (κ1) is 18.2. The van der Waals surface area contributed by atoms with Crippen LogP contribution >= 0.6 is 0 Å². The lowest BCUT2D eigenvalue weighted by molar-refractivity contribution is 0.0506. The molecule has 0 bridgehead atoms. The van der Waals surface area contributed by atoms with Gasteiger partial charge < -0.3 is 15.4 Å². The van der Waals surface area contributed by atoms with Crippen LogP contribution in [-0.4, -0.2) is 30.8 Å². The van der Waals surface area contributed by atoms with Crippen LogP contribution in [0.3, 0.4) is 0 Å². The first-order valence-electron chi connectivity index (χ1n) is 7.48. The quantitative estimate of drug-likeness (QED) is 0.666. The van der Waals surface area contributed by atoms with Gasteiger partial charge in [-0.15, -0.1) is 0 Å². The number of amides is 1. The molecule has 0 aliphatic heterocycles. The maximum Gasteiger partial charge on any atom is 0.407 e. The molecule has 0 spiro atoms. The fraction of sp³-hybridized carbons (Fsp3) is 0.933. The molecule has 0 radical (unpaired) electrons. The monoisotopic (exact) mass is 272 g/mol. The zero-order valence-corrected chi connectivity index (χ0v) is 13.5. The van der Waals surface area contributed by atoms with E-state index in [1.165, 1.54) is 12.8 Å². The molecular weight excluding hydrogens is 240 g/mol. The van der Waals surface area contributed by atoms with Crippen LogP contribution in [-0.2, 0) is 4.74 Å². The highest BCUT2D eigenvalue weighted by Crippen LogP contribution is 2.07. The van der Waals surface area contributed by atoms with Crippen molar-refractivity contribution in [2.24, 2.45) is 5.92 Å². The summed E-state index contributed by atoms with van der Waals surface area (Å²) in [5.41, 5.74) is -0.433. The Morgan fingerprint density at radius 2 is 1.79 bits per heavy atom. The van der Waals surface area contributed by atoms with Gasteiger partial charge in [-0.25, -0.2) is 4.79 Å². The van der Waals surface area contributed by atoms with Crippen molar-refractivity contribution in [3.05, 3.63) is 0 Å². The number of hydrogen-bond acceptors (Lipinski definition) is 3. The van der Waals surface area contributed by atoms with Gasteiger partial charge in [0, 0.05) is 6.04 Å². The second-order valence-electron chi connectivity index (χ2n) is 6.22. The van der Waals surface area contributed by atoms with Gasteiger partial charge >= 0.3 is 6.09 Å². The van der Waals surface area contributed by atoms with E-state index in [4.69, 9.17) is 4.74 Å². The molecule has 0 aliphatic carbocycles. The minimum Gasteiger partial charge on any atom is -0.444 e. The molecule has 114 valence electrons. The number of carbonyl (C=O) groups excluding carboxylic acids is 1. The standard InChI is InChI=1S/C15H32N2O2/c1-7-13(8-2)11-16-10-9-12(3)17-14(18)19-15(4,5)6/h12-13,16H,7-11H2,1-6H3,(H,17,18). The van der Waals surface area contributed by atoms with Crippen molar-refractivity contribution in [3.63, 3.8) is 0 Å². The van der Waals surface area contributed by atoms with Crippen molar-refractivity contribution in [3.8, 4) is 0 Å². The van der Waals surface area contributed by atoms with Gasteiger partial charge in [-0.3, -0.25) is 0 Å². The summed E-state index contributed by atoms with van der Waals surface area (Å²) >= 11 is 0. The second kappa shape index (κ2) is 9.18. The summed E-state index contributed by atoms with van der Waals surface area (Å²) in [6, 6.07) is 0.129. The average Bonchev–Trinajstić information content (AvgIpc) is 2.26. The van der Waals surface area contributed by atoms with Crippen LogP contribution in [0.4, 0.5) is 4.79 Å². The Bertz CT molecular complexity index is 245. The van der Waals surface area contributed by atoms with Gasteiger partial charge in [0.05, 0.1) is 0 Å². The molecular formula is C15H32N2O2. The zero-order valence-electron chi connectivity index (χ0n) is 13.5. The van der Waals surface area contributed by atoms with E-state index in [2.05, 4.69) is 24.5 Å². The van der Waals surface area contributed by atoms with Crippen molar-refractivity contribution in [1.82, 2.24) is 10.6 Å². The van der Waals surface area contributed by atoms with Gasteiger partial charge in [0.15, 0.2) is 0 Å². The maximum atomic E-state index is 11.5. The molecule has 0 fully saturated rings. The molecule has 0 rings (SSSR count). The van der Waals surface area contributed by atoms with Crippen LogP contribution in [0.1, 0.15) is 60.8 Å². The van der Waals surface area contributed by atoms with Crippen LogP contribution in [0, 0.1) is 5.92 Å². The Labute approximate surface area is 118 Å². The average molecular weight is 272 g/mol. The summed E-state index contributed by atoms with van der Waals surface area (Å²) < 4.78 is 5.22. The Kier molecular flexibility index (Phi) is 8.81. The Morgan fingerprint density at radius 1 is 1.21 bits per heavy atom. The van der Waals surface area contributed by atoms with Crippen molar-refractivity contribution in [2.75, 3.05) is 13.1 Å². The number of hydrogen-bond donors (Lipinski definition) is 2. The van der Waals surface area contributed by atoms with Crippen molar-refractivity contribution in [1.29, 1.82) is 0 Å². The van der Waals surface area contributed by atoms with Crippen molar-refractivity contribution >= 4 is 6.09 Å². The molecule has 1 unspecified atom stereocenters. The fourth-order valence-corrected chi connectivity index (χ4v) is 1.78. The molecule has 4 nitrogen and oxygen atoms in total. The Hall–Kier alpha value is -0.770. The van der Waals surface area contributed by atoms with E-state index in [1.54, 1.807) is 0 Å². The third kappa shape index (κ3) is 10.8.